The molecule has 0 fully saturated rings. The van der Waals surface area contributed by atoms with Gasteiger partial charge in [-0.3, -0.25) is 10.1 Å². The number of rotatable bonds is 2. The molecule has 0 aliphatic rings. The fourth-order valence-corrected chi connectivity index (χ4v) is 2.35. The van der Waals surface area contributed by atoms with E-state index in [1.165, 1.54) is 5.39 Å². The number of hydrogen-bond donors (Lipinski definition) is 2. The zero-order chi connectivity index (χ0) is 13.4. The van der Waals surface area contributed by atoms with Crippen molar-refractivity contribution in [3.63, 3.8) is 0 Å². The molecule has 4 aromatic rings. The molecule has 3 aromatic heterocycles. The lowest BCUT2D eigenvalue weighted by Gasteiger charge is -1.97. The normalized spacial score (nSPS) is 11.0. The summed E-state index contributed by atoms with van der Waals surface area (Å²) in [6.07, 6.45) is 5.52. The van der Waals surface area contributed by atoms with Gasteiger partial charge in [0.15, 0.2) is 0 Å². The molecule has 0 unspecified atom stereocenters. The van der Waals surface area contributed by atoms with Gasteiger partial charge in [0.1, 0.15) is 0 Å². The Bertz CT molecular complexity index is 858. The van der Waals surface area contributed by atoms with E-state index in [9.17, 15) is 0 Å². The summed E-state index contributed by atoms with van der Waals surface area (Å²) in [6, 6.07) is 14.3. The van der Waals surface area contributed by atoms with Crippen LogP contribution in [0.15, 0.2) is 61.1 Å². The van der Waals surface area contributed by atoms with Gasteiger partial charge < -0.3 is 4.98 Å². The van der Waals surface area contributed by atoms with Crippen LogP contribution in [-0.2, 0) is 0 Å². The van der Waals surface area contributed by atoms with E-state index >= 15 is 0 Å². The van der Waals surface area contributed by atoms with Crippen LogP contribution in [0.4, 0.5) is 0 Å². The smallest absolute Gasteiger partial charge is 0.0942 e. The molecule has 2 N–H and O–H groups in total. The second kappa shape index (κ2) is 4.35. The predicted molar refractivity (Wildman–Crippen MR) is 79.1 cm³/mol. The highest BCUT2D eigenvalue weighted by Gasteiger charge is 2.06. The maximum Gasteiger partial charge on any atom is 0.0942 e. The van der Waals surface area contributed by atoms with Crippen molar-refractivity contribution in [1.82, 2.24) is 20.2 Å². The summed E-state index contributed by atoms with van der Waals surface area (Å²) >= 11 is 0. The molecule has 1 aromatic carbocycles. The molecule has 96 valence electrons. The molecule has 0 amide bonds. The van der Waals surface area contributed by atoms with E-state index in [4.69, 9.17) is 0 Å². The molecule has 4 nitrogen and oxygen atoms in total. The quantitative estimate of drug-likeness (QED) is 0.578. The van der Waals surface area contributed by atoms with Gasteiger partial charge in [-0.2, -0.15) is 5.10 Å². The van der Waals surface area contributed by atoms with Crippen molar-refractivity contribution in [2.24, 2.45) is 0 Å². The summed E-state index contributed by atoms with van der Waals surface area (Å²) in [4.78, 5) is 7.34. The molecule has 0 atom stereocenters. The second-order valence-corrected chi connectivity index (χ2v) is 4.69. The van der Waals surface area contributed by atoms with Crippen molar-refractivity contribution in [1.29, 1.82) is 0 Å². The van der Waals surface area contributed by atoms with Crippen LogP contribution in [0.5, 0.6) is 0 Å². The fourth-order valence-electron chi connectivity index (χ4n) is 2.35. The Balaban J connectivity index is 1.77. The lowest BCUT2D eigenvalue weighted by molar-refractivity contribution is 1.10. The molecule has 4 heteroatoms. The van der Waals surface area contributed by atoms with Crippen LogP contribution >= 0.6 is 0 Å². The first-order valence-corrected chi connectivity index (χ1v) is 6.43. The summed E-state index contributed by atoms with van der Waals surface area (Å²) in [5, 5.41) is 8.65. The fraction of sp³-hybridized carbons (Fsp3) is 0. The molecule has 0 saturated carbocycles. The second-order valence-electron chi connectivity index (χ2n) is 4.69. The van der Waals surface area contributed by atoms with Crippen LogP contribution in [0.3, 0.4) is 0 Å². The average molecular weight is 260 g/mol. The van der Waals surface area contributed by atoms with Gasteiger partial charge in [-0.05, 0) is 35.7 Å². The molecule has 0 spiro atoms. The molecule has 0 bridgehead atoms. The summed E-state index contributed by atoms with van der Waals surface area (Å²) in [5.74, 6) is 0. The molecule has 0 saturated heterocycles. The zero-order valence-corrected chi connectivity index (χ0v) is 10.7. The van der Waals surface area contributed by atoms with Gasteiger partial charge in [-0.25, -0.2) is 0 Å². The minimum Gasteiger partial charge on any atom is -0.361 e. The van der Waals surface area contributed by atoms with E-state index in [0.717, 1.165) is 28.0 Å². The monoisotopic (exact) mass is 260 g/mol. The highest BCUT2D eigenvalue weighted by atomic mass is 15.1. The maximum atomic E-state index is 4.36. The highest BCUT2D eigenvalue weighted by Crippen LogP contribution is 2.25. The van der Waals surface area contributed by atoms with Crippen molar-refractivity contribution >= 4 is 10.9 Å². The van der Waals surface area contributed by atoms with E-state index in [2.05, 4.69) is 44.4 Å². The van der Waals surface area contributed by atoms with Crippen LogP contribution < -0.4 is 0 Å². The number of hydrogen-bond acceptors (Lipinski definition) is 2. The molecular formula is C16H12N4. The largest absolute Gasteiger partial charge is 0.361 e. The maximum absolute atomic E-state index is 4.36. The summed E-state index contributed by atoms with van der Waals surface area (Å²) in [7, 11) is 0. The first kappa shape index (κ1) is 11.0. The van der Waals surface area contributed by atoms with Crippen molar-refractivity contribution < 1.29 is 0 Å². The van der Waals surface area contributed by atoms with Gasteiger partial charge >= 0.3 is 0 Å². The Hall–Kier alpha value is -2.88. The van der Waals surface area contributed by atoms with Crippen molar-refractivity contribution in [2.75, 3.05) is 0 Å². The van der Waals surface area contributed by atoms with Crippen LogP contribution in [0.1, 0.15) is 0 Å². The highest BCUT2D eigenvalue weighted by molar-refractivity contribution is 5.84. The average Bonchev–Trinajstić information content (AvgIpc) is 3.16. The third-order valence-electron chi connectivity index (χ3n) is 3.40. The van der Waals surface area contributed by atoms with Crippen LogP contribution in [0.2, 0.25) is 0 Å². The Morgan fingerprint density at radius 1 is 0.950 bits per heavy atom. The van der Waals surface area contributed by atoms with Crippen molar-refractivity contribution in [2.45, 2.75) is 0 Å². The number of fused-ring (bicyclic) bond motifs is 1. The van der Waals surface area contributed by atoms with Gasteiger partial charge in [0, 0.05) is 35.2 Å². The minimum atomic E-state index is 0.902. The van der Waals surface area contributed by atoms with E-state index < -0.39 is 0 Å². The number of nitrogens with zero attached hydrogens (tertiary/aromatic N) is 2. The van der Waals surface area contributed by atoms with Crippen LogP contribution in [0, 0.1) is 0 Å². The molecule has 20 heavy (non-hydrogen) atoms. The number of aromatic nitrogens is 4. The zero-order valence-electron chi connectivity index (χ0n) is 10.7. The number of pyridine rings is 1. The minimum absolute atomic E-state index is 0.902. The third-order valence-corrected chi connectivity index (χ3v) is 3.40. The molecule has 0 aliphatic carbocycles. The standard InChI is InChI=1S/C16H12N4/c1-2-13(10-17-6-1)16-9-15(19-20-16)12-4-3-11-5-7-18-14(11)8-12/h1-10,18H,(H,19,20). The molecule has 4 rings (SSSR count). The van der Waals surface area contributed by atoms with Gasteiger partial charge in [0.25, 0.3) is 0 Å². The Labute approximate surface area is 115 Å². The van der Waals surface area contributed by atoms with Gasteiger partial charge in [-0.1, -0.05) is 12.1 Å². The predicted octanol–water partition coefficient (Wildman–Crippen LogP) is 3.62. The topological polar surface area (TPSA) is 57.4 Å². The molecule has 3 heterocycles. The van der Waals surface area contributed by atoms with Crippen LogP contribution in [0.25, 0.3) is 33.4 Å². The lowest BCUT2D eigenvalue weighted by Crippen LogP contribution is -1.78. The first-order chi connectivity index (χ1) is 9.90. The van der Waals surface area contributed by atoms with Crippen molar-refractivity contribution in [3.8, 4) is 22.5 Å². The third kappa shape index (κ3) is 1.78. The summed E-state index contributed by atoms with van der Waals surface area (Å²) in [6.45, 7) is 0. The van der Waals surface area contributed by atoms with Crippen LogP contribution in [-0.4, -0.2) is 20.2 Å². The van der Waals surface area contributed by atoms with Crippen molar-refractivity contribution in [3.05, 3.63) is 61.1 Å². The van der Waals surface area contributed by atoms with Gasteiger partial charge in [0.2, 0.25) is 0 Å². The van der Waals surface area contributed by atoms with E-state index in [1.54, 1.807) is 6.20 Å². The number of aromatic amines is 2. The summed E-state index contributed by atoms with van der Waals surface area (Å²) < 4.78 is 0. The molecular weight excluding hydrogens is 248 g/mol. The number of benzene rings is 1. The Morgan fingerprint density at radius 3 is 2.85 bits per heavy atom. The van der Waals surface area contributed by atoms with Gasteiger partial charge in [0.05, 0.1) is 11.4 Å². The van der Waals surface area contributed by atoms with E-state index in [0.29, 0.717) is 0 Å². The Morgan fingerprint density at radius 2 is 1.95 bits per heavy atom. The SMILES string of the molecule is c1cncc(-c2cc(-c3ccc4cc[nH]c4c3)[nH]n2)c1. The van der Waals surface area contributed by atoms with E-state index in [1.807, 2.05) is 30.6 Å². The molecule has 0 aliphatic heterocycles. The Kier molecular flexibility index (Phi) is 2.39. The number of H-pyrrole nitrogens is 2. The van der Waals surface area contributed by atoms with Gasteiger partial charge in [-0.15, -0.1) is 0 Å². The molecule has 0 radical (unpaired) electrons. The summed E-state index contributed by atoms with van der Waals surface area (Å²) in [5.41, 5.74) is 5.15. The number of nitrogens with one attached hydrogen (secondary N) is 2. The first-order valence-electron chi connectivity index (χ1n) is 6.43. The lowest BCUT2D eigenvalue weighted by atomic mass is 10.1. The van der Waals surface area contributed by atoms with E-state index in [-0.39, 0.29) is 0 Å².